The number of carboxylic acid groups (broad SMARTS) is 1. The molecule has 15 heavy (non-hydrogen) atoms. The van der Waals surface area contributed by atoms with E-state index in [1.54, 1.807) is 18.2 Å². The number of hydrogen-bond donors (Lipinski definition) is 1. The SMILES string of the molecule is O=C(O)c1cccc(C2=CCOCC2)c1. The van der Waals surface area contributed by atoms with Crippen LogP contribution in [-0.4, -0.2) is 24.3 Å². The summed E-state index contributed by atoms with van der Waals surface area (Å²) >= 11 is 0. The summed E-state index contributed by atoms with van der Waals surface area (Å²) < 4.78 is 5.21. The predicted octanol–water partition coefficient (Wildman–Crippen LogP) is 2.19. The molecule has 1 aliphatic heterocycles. The van der Waals surface area contributed by atoms with E-state index in [0.717, 1.165) is 12.0 Å². The van der Waals surface area contributed by atoms with E-state index in [0.29, 0.717) is 18.8 Å². The Morgan fingerprint density at radius 3 is 2.93 bits per heavy atom. The molecule has 0 aliphatic carbocycles. The Morgan fingerprint density at radius 1 is 1.40 bits per heavy atom. The van der Waals surface area contributed by atoms with E-state index < -0.39 is 5.97 Å². The van der Waals surface area contributed by atoms with Gasteiger partial charge in [0.2, 0.25) is 0 Å². The molecule has 0 amide bonds. The third kappa shape index (κ3) is 2.25. The molecule has 78 valence electrons. The first-order chi connectivity index (χ1) is 7.27. The molecule has 0 spiro atoms. The number of benzene rings is 1. The molecule has 0 atom stereocenters. The number of hydrogen-bond acceptors (Lipinski definition) is 2. The van der Waals surface area contributed by atoms with Gasteiger partial charge in [0.05, 0.1) is 18.8 Å². The van der Waals surface area contributed by atoms with Crippen LogP contribution in [0.25, 0.3) is 5.57 Å². The van der Waals surface area contributed by atoms with Gasteiger partial charge >= 0.3 is 5.97 Å². The Labute approximate surface area is 88.0 Å². The smallest absolute Gasteiger partial charge is 0.335 e. The lowest BCUT2D eigenvalue weighted by molar-refractivity contribution is 0.0697. The molecular weight excluding hydrogens is 192 g/mol. The fraction of sp³-hybridized carbons (Fsp3) is 0.250. The van der Waals surface area contributed by atoms with E-state index in [9.17, 15) is 4.79 Å². The molecular formula is C12H12O3. The summed E-state index contributed by atoms with van der Waals surface area (Å²) in [6, 6.07) is 7.02. The molecule has 1 aromatic carbocycles. The monoisotopic (exact) mass is 204 g/mol. The summed E-state index contributed by atoms with van der Waals surface area (Å²) in [5.74, 6) is -0.885. The second kappa shape index (κ2) is 4.28. The third-order valence-electron chi connectivity index (χ3n) is 2.44. The molecule has 0 unspecified atom stereocenters. The summed E-state index contributed by atoms with van der Waals surface area (Å²) in [7, 11) is 0. The summed E-state index contributed by atoms with van der Waals surface area (Å²) in [6.07, 6.45) is 2.85. The van der Waals surface area contributed by atoms with Crippen LogP contribution in [0.15, 0.2) is 30.3 Å². The molecule has 1 N–H and O–H groups in total. The molecule has 0 saturated heterocycles. The third-order valence-corrected chi connectivity index (χ3v) is 2.44. The lowest BCUT2D eigenvalue weighted by atomic mass is 10.00. The minimum Gasteiger partial charge on any atom is -0.478 e. The number of carbonyl (C=O) groups is 1. The van der Waals surface area contributed by atoms with Crippen molar-refractivity contribution in [3.8, 4) is 0 Å². The van der Waals surface area contributed by atoms with Crippen molar-refractivity contribution in [2.24, 2.45) is 0 Å². The van der Waals surface area contributed by atoms with Crippen molar-refractivity contribution in [3.05, 3.63) is 41.5 Å². The van der Waals surface area contributed by atoms with Gasteiger partial charge in [-0.1, -0.05) is 18.2 Å². The van der Waals surface area contributed by atoms with Crippen LogP contribution in [0, 0.1) is 0 Å². The van der Waals surface area contributed by atoms with Crippen LogP contribution in [0.2, 0.25) is 0 Å². The Bertz CT molecular complexity index is 407. The molecule has 0 aromatic heterocycles. The highest BCUT2D eigenvalue weighted by Gasteiger charge is 2.08. The topological polar surface area (TPSA) is 46.5 Å². The molecule has 3 nitrogen and oxygen atoms in total. The van der Waals surface area contributed by atoms with Gasteiger partial charge in [-0.2, -0.15) is 0 Å². The fourth-order valence-electron chi connectivity index (χ4n) is 1.64. The summed E-state index contributed by atoms with van der Waals surface area (Å²) in [5.41, 5.74) is 2.49. The van der Waals surface area contributed by atoms with Crippen LogP contribution in [0.1, 0.15) is 22.3 Å². The Balaban J connectivity index is 2.31. The highest BCUT2D eigenvalue weighted by molar-refractivity contribution is 5.89. The van der Waals surface area contributed by atoms with Crippen LogP contribution in [0.3, 0.4) is 0 Å². The second-order valence-electron chi connectivity index (χ2n) is 3.44. The van der Waals surface area contributed by atoms with Crippen LogP contribution in [-0.2, 0) is 4.74 Å². The molecule has 1 heterocycles. The molecule has 0 saturated carbocycles. The van der Waals surface area contributed by atoms with Crippen molar-refractivity contribution >= 4 is 11.5 Å². The maximum absolute atomic E-state index is 10.8. The van der Waals surface area contributed by atoms with Gasteiger partial charge in [0, 0.05) is 0 Å². The van der Waals surface area contributed by atoms with Crippen molar-refractivity contribution in [3.63, 3.8) is 0 Å². The Morgan fingerprint density at radius 2 is 2.27 bits per heavy atom. The molecule has 2 rings (SSSR count). The lowest BCUT2D eigenvalue weighted by Gasteiger charge is -2.13. The van der Waals surface area contributed by atoms with E-state index in [4.69, 9.17) is 9.84 Å². The van der Waals surface area contributed by atoms with E-state index in [-0.39, 0.29) is 0 Å². The van der Waals surface area contributed by atoms with E-state index >= 15 is 0 Å². The van der Waals surface area contributed by atoms with Crippen molar-refractivity contribution in [2.75, 3.05) is 13.2 Å². The maximum Gasteiger partial charge on any atom is 0.335 e. The highest BCUT2D eigenvalue weighted by Crippen LogP contribution is 2.21. The van der Waals surface area contributed by atoms with Crippen LogP contribution in [0.5, 0.6) is 0 Å². The Kier molecular flexibility index (Phi) is 2.83. The minimum absolute atomic E-state index is 0.333. The fourth-order valence-corrected chi connectivity index (χ4v) is 1.64. The van der Waals surface area contributed by atoms with E-state index in [1.807, 2.05) is 12.1 Å². The van der Waals surface area contributed by atoms with Gasteiger partial charge in [-0.15, -0.1) is 0 Å². The van der Waals surface area contributed by atoms with E-state index in [2.05, 4.69) is 0 Å². The number of aromatic carboxylic acids is 1. The molecule has 1 aliphatic rings. The van der Waals surface area contributed by atoms with Crippen LogP contribution >= 0.6 is 0 Å². The first kappa shape index (κ1) is 9.93. The van der Waals surface area contributed by atoms with Gasteiger partial charge in [-0.25, -0.2) is 4.79 Å². The number of ether oxygens (including phenoxy) is 1. The molecule has 0 radical (unpaired) electrons. The van der Waals surface area contributed by atoms with Gasteiger partial charge < -0.3 is 9.84 Å². The van der Waals surface area contributed by atoms with Crippen molar-refractivity contribution in [2.45, 2.75) is 6.42 Å². The van der Waals surface area contributed by atoms with E-state index in [1.165, 1.54) is 5.57 Å². The highest BCUT2D eigenvalue weighted by atomic mass is 16.5. The molecule has 0 bridgehead atoms. The summed E-state index contributed by atoms with van der Waals surface area (Å²) in [6.45, 7) is 1.33. The minimum atomic E-state index is -0.885. The van der Waals surface area contributed by atoms with Gasteiger partial charge in [-0.3, -0.25) is 0 Å². The van der Waals surface area contributed by atoms with Crippen LogP contribution < -0.4 is 0 Å². The van der Waals surface area contributed by atoms with Crippen molar-refractivity contribution in [1.29, 1.82) is 0 Å². The molecule has 3 heteroatoms. The second-order valence-corrected chi connectivity index (χ2v) is 3.44. The van der Waals surface area contributed by atoms with Gasteiger partial charge in [-0.05, 0) is 29.7 Å². The number of rotatable bonds is 2. The molecule has 1 aromatic rings. The first-order valence-electron chi connectivity index (χ1n) is 4.88. The van der Waals surface area contributed by atoms with Gasteiger partial charge in [0.25, 0.3) is 0 Å². The maximum atomic E-state index is 10.8. The molecule has 0 fully saturated rings. The average molecular weight is 204 g/mol. The largest absolute Gasteiger partial charge is 0.478 e. The standard InChI is InChI=1S/C12H12O3/c13-12(14)11-3-1-2-10(8-11)9-4-6-15-7-5-9/h1-4,8H,5-7H2,(H,13,14). The first-order valence-corrected chi connectivity index (χ1v) is 4.88. The summed E-state index contributed by atoms with van der Waals surface area (Å²) in [5, 5.41) is 8.86. The zero-order valence-corrected chi connectivity index (χ0v) is 8.27. The Hall–Kier alpha value is -1.61. The number of carboxylic acids is 1. The van der Waals surface area contributed by atoms with Crippen molar-refractivity contribution < 1.29 is 14.6 Å². The normalized spacial score (nSPS) is 15.9. The zero-order chi connectivity index (χ0) is 10.7. The predicted molar refractivity (Wildman–Crippen MR) is 56.8 cm³/mol. The van der Waals surface area contributed by atoms with Gasteiger partial charge in [0.1, 0.15) is 0 Å². The van der Waals surface area contributed by atoms with Gasteiger partial charge in [0.15, 0.2) is 0 Å². The van der Waals surface area contributed by atoms with Crippen LogP contribution in [0.4, 0.5) is 0 Å². The van der Waals surface area contributed by atoms with Crippen molar-refractivity contribution in [1.82, 2.24) is 0 Å². The average Bonchev–Trinajstić information content (AvgIpc) is 2.30. The quantitative estimate of drug-likeness (QED) is 0.803. The zero-order valence-electron chi connectivity index (χ0n) is 8.27. The lowest BCUT2D eigenvalue weighted by Crippen LogP contribution is -2.04. The summed E-state index contributed by atoms with van der Waals surface area (Å²) in [4.78, 5) is 10.8.